The Morgan fingerprint density at radius 2 is 1.56 bits per heavy atom. The van der Waals surface area contributed by atoms with Crippen LogP contribution < -0.4 is 0 Å². The van der Waals surface area contributed by atoms with Crippen LogP contribution in [0.4, 0.5) is 0 Å². The van der Waals surface area contributed by atoms with Gasteiger partial charge in [0.15, 0.2) is 9.84 Å². The van der Waals surface area contributed by atoms with E-state index in [0.29, 0.717) is 16.7 Å². The monoisotopic (exact) mass is 358 g/mol. The Bertz CT molecular complexity index is 943. The summed E-state index contributed by atoms with van der Waals surface area (Å²) in [7, 11) is -1.84. The zero-order chi connectivity index (χ0) is 18.2. The van der Waals surface area contributed by atoms with Gasteiger partial charge in [-0.05, 0) is 23.3 Å². The predicted molar refractivity (Wildman–Crippen MR) is 94.3 cm³/mol. The van der Waals surface area contributed by atoms with Gasteiger partial charge < -0.3 is 9.47 Å². The molecule has 3 rings (SSSR count). The normalized spacial score (nSPS) is 20.7. The van der Waals surface area contributed by atoms with E-state index in [0.717, 1.165) is 11.8 Å². The van der Waals surface area contributed by atoms with Crippen molar-refractivity contribution in [2.75, 3.05) is 13.4 Å². The lowest BCUT2D eigenvalue weighted by molar-refractivity contribution is -0.178. The van der Waals surface area contributed by atoms with E-state index in [1.165, 1.54) is 19.2 Å². The lowest BCUT2D eigenvalue weighted by atomic mass is 9.92. The molecule has 1 atom stereocenters. The van der Waals surface area contributed by atoms with Gasteiger partial charge in [-0.2, -0.15) is 0 Å². The fourth-order valence-electron chi connectivity index (χ4n) is 2.89. The number of methoxy groups -OCH3 is 1. The fourth-order valence-corrected chi connectivity index (χ4v) is 3.52. The van der Waals surface area contributed by atoms with Crippen molar-refractivity contribution < 1.29 is 22.7 Å². The number of esters is 1. The molecule has 0 N–H and O–H groups in total. The Morgan fingerprint density at radius 1 is 0.960 bits per heavy atom. The molecule has 0 saturated carbocycles. The van der Waals surface area contributed by atoms with Crippen LogP contribution in [0.5, 0.6) is 0 Å². The van der Waals surface area contributed by atoms with Gasteiger partial charge in [0.25, 0.3) is 0 Å². The van der Waals surface area contributed by atoms with E-state index in [2.05, 4.69) is 0 Å². The average Bonchev–Trinajstić information content (AvgIpc) is 2.86. The highest BCUT2D eigenvalue weighted by Crippen LogP contribution is 2.44. The maximum Gasteiger partial charge on any atom is 0.342 e. The molecular weight excluding hydrogens is 340 g/mol. The highest BCUT2D eigenvalue weighted by Gasteiger charge is 2.45. The van der Waals surface area contributed by atoms with Crippen LogP contribution in [0.25, 0.3) is 11.1 Å². The summed E-state index contributed by atoms with van der Waals surface area (Å²) in [6.45, 7) is 1.67. The Morgan fingerprint density at radius 3 is 2.08 bits per heavy atom. The summed E-state index contributed by atoms with van der Waals surface area (Å²) in [5, 5.41) is 0. The topological polar surface area (TPSA) is 69.7 Å². The van der Waals surface area contributed by atoms with Crippen molar-refractivity contribution in [1.29, 1.82) is 0 Å². The molecule has 2 aromatic rings. The number of cyclic esters (lactones) is 1. The minimum Gasteiger partial charge on any atom is -0.425 e. The van der Waals surface area contributed by atoms with Gasteiger partial charge in [-0.1, -0.05) is 42.5 Å². The standard InChI is InChI=1S/C19H18O5S/c1-19(23-2)17(14-9-11-15(12-10-14)25(3,21)22)16(18(20)24-19)13-7-5-4-6-8-13/h4-12H,1-3H3. The van der Waals surface area contributed by atoms with Gasteiger partial charge in [0.1, 0.15) is 0 Å². The predicted octanol–water partition coefficient (Wildman–Crippen LogP) is 2.92. The Hall–Kier alpha value is -2.44. The third kappa shape index (κ3) is 3.10. The van der Waals surface area contributed by atoms with Crippen LogP contribution in [0.3, 0.4) is 0 Å². The zero-order valence-corrected chi connectivity index (χ0v) is 15.0. The van der Waals surface area contributed by atoms with Crippen molar-refractivity contribution in [1.82, 2.24) is 0 Å². The van der Waals surface area contributed by atoms with Crippen molar-refractivity contribution in [2.24, 2.45) is 0 Å². The lowest BCUT2D eigenvalue weighted by Gasteiger charge is -2.25. The molecule has 0 aliphatic carbocycles. The molecule has 6 heteroatoms. The van der Waals surface area contributed by atoms with Gasteiger partial charge in [-0.15, -0.1) is 0 Å². The van der Waals surface area contributed by atoms with Gasteiger partial charge >= 0.3 is 5.97 Å². The smallest absolute Gasteiger partial charge is 0.342 e. The second-order valence-corrected chi connectivity index (χ2v) is 7.97. The van der Waals surface area contributed by atoms with E-state index in [1.807, 2.05) is 30.3 Å². The maximum atomic E-state index is 12.5. The van der Waals surface area contributed by atoms with E-state index in [1.54, 1.807) is 19.1 Å². The highest BCUT2D eigenvalue weighted by atomic mass is 32.2. The molecule has 1 heterocycles. The molecule has 5 nitrogen and oxygen atoms in total. The highest BCUT2D eigenvalue weighted by molar-refractivity contribution is 7.90. The molecule has 1 aliphatic heterocycles. The van der Waals surface area contributed by atoms with E-state index in [-0.39, 0.29) is 4.90 Å². The zero-order valence-electron chi connectivity index (χ0n) is 14.1. The minimum atomic E-state index is -3.30. The number of benzene rings is 2. The number of sulfone groups is 1. The van der Waals surface area contributed by atoms with E-state index >= 15 is 0 Å². The average molecular weight is 358 g/mol. The molecule has 0 fully saturated rings. The van der Waals surface area contributed by atoms with Crippen LogP contribution in [0.15, 0.2) is 59.5 Å². The number of hydrogen-bond acceptors (Lipinski definition) is 5. The van der Waals surface area contributed by atoms with Crippen LogP contribution in [-0.4, -0.2) is 33.5 Å². The Labute approximate surface area is 146 Å². The van der Waals surface area contributed by atoms with Crippen LogP contribution in [0, 0.1) is 0 Å². The van der Waals surface area contributed by atoms with Gasteiger partial charge in [-0.3, -0.25) is 0 Å². The SMILES string of the molecule is COC1(C)OC(=O)C(c2ccccc2)=C1c1ccc(S(C)(=O)=O)cc1. The number of ether oxygens (including phenoxy) is 2. The van der Waals surface area contributed by atoms with Crippen LogP contribution in [-0.2, 0) is 24.1 Å². The molecule has 0 spiro atoms. The summed E-state index contributed by atoms with van der Waals surface area (Å²) in [6, 6.07) is 15.5. The molecule has 0 radical (unpaired) electrons. The lowest BCUT2D eigenvalue weighted by Crippen LogP contribution is -2.29. The van der Waals surface area contributed by atoms with Crippen LogP contribution in [0.2, 0.25) is 0 Å². The second-order valence-electron chi connectivity index (χ2n) is 5.95. The van der Waals surface area contributed by atoms with Gasteiger partial charge in [-0.25, -0.2) is 13.2 Å². The number of hydrogen-bond donors (Lipinski definition) is 0. The van der Waals surface area contributed by atoms with Crippen molar-refractivity contribution in [3.63, 3.8) is 0 Å². The second kappa shape index (κ2) is 6.13. The van der Waals surface area contributed by atoms with Gasteiger partial charge in [0, 0.05) is 25.9 Å². The Balaban J connectivity index is 2.23. The molecule has 1 unspecified atom stereocenters. The van der Waals surface area contributed by atoms with Gasteiger partial charge in [0.05, 0.1) is 10.5 Å². The molecule has 0 saturated heterocycles. The van der Waals surface area contributed by atoms with Crippen molar-refractivity contribution in [2.45, 2.75) is 17.6 Å². The van der Waals surface area contributed by atoms with E-state index in [9.17, 15) is 13.2 Å². The van der Waals surface area contributed by atoms with Crippen LogP contribution >= 0.6 is 0 Å². The molecule has 25 heavy (non-hydrogen) atoms. The summed E-state index contributed by atoms with van der Waals surface area (Å²) in [5.74, 6) is -1.72. The Kier molecular flexibility index (Phi) is 4.26. The minimum absolute atomic E-state index is 0.211. The summed E-state index contributed by atoms with van der Waals surface area (Å²) >= 11 is 0. The molecular formula is C19H18O5S. The first-order valence-corrected chi connectivity index (χ1v) is 9.54. The fraction of sp³-hybridized carbons (Fsp3) is 0.211. The maximum absolute atomic E-state index is 12.5. The summed E-state index contributed by atoms with van der Waals surface area (Å²) in [5.41, 5.74) is 2.38. The van der Waals surface area contributed by atoms with E-state index < -0.39 is 21.6 Å². The summed E-state index contributed by atoms with van der Waals surface area (Å²) in [4.78, 5) is 12.7. The molecule has 130 valence electrons. The van der Waals surface area contributed by atoms with Gasteiger partial charge in [0.2, 0.25) is 5.79 Å². The first-order valence-electron chi connectivity index (χ1n) is 7.65. The number of carbonyl (C=O) groups excluding carboxylic acids is 1. The first-order chi connectivity index (χ1) is 11.8. The molecule has 1 aliphatic rings. The third-order valence-corrected chi connectivity index (χ3v) is 5.35. The molecule has 0 bridgehead atoms. The third-order valence-electron chi connectivity index (χ3n) is 4.22. The summed E-state index contributed by atoms with van der Waals surface area (Å²) in [6.07, 6.45) is 1.15. The van der Waals surface area contributed by atoms with Crippen molar-refractivity contribution in [3.05, 3.63) is 65.7 Å². The van der Waals surface area contributed by atoms with E-state index in [4.69, 9.17) is 9.47 Å². The number of rotatable bonds is 4. The summed E-state index contributed by atoms with van der Waals surface area (Å²) < 4.78 is 34.3. The first kappa shape index (κ1) is 17.4. The van der Waals surface area contributed by atoms with Crippen molar-refractivity contribution in [3.8, 4) is 0 Å². The quantitative estimate of drug-likeness (QED) is 0.786. The largest absolute Gasteiger partial charge is 0.425 e. The van der Waals surface area contributed by atoms with Crippen LogP contribution in [0.1, 0.15) is 18.1 Å². The molecule has 2 aromatic carbocycles. The number of carbonyl (C=O) groups is 1. The van der Waals surface area contributed by atoms with Crippen molar-refractivity contribution >= 4 is 27.0 Å². The molecule has 0 amide bonds. The molecule has 0 aromatic heterocycles.